The van der Waals surface area contributed by atoms with Gasteiger partial charge in [0.2, 0.25) is 0 Å². The predicted octanol–water partition coefficient (Wildman–Crippen LogP) is 1.93. The number of aryl methyl sites for hydroxylation is 1. The molecule has 0 bridgehead atoms. The van der Waals surface area contributed by atoms with Gasteiger partial charge in [-0.05, 0) is 24.6 Å². The summed E-state index contributed by atoms with van der Waals surface area (Å²) in [6.45, 7) is 1.52. The number of rotatable bonds is 7. The Bertz CT molecular complexity index is 1200. The molecule has 0 aliphatic rings. The largest absolute Gasteiger partial charge is 0.496 e. The van der Waals surface area contributed by atoms with Crippen LogP contribution in [0.1, 0.15) is 34.2 Å². The van der Waals surface area contributed by atoms with Gasteiger partial charge in [-0.2, -0.15) is 5.10 Å². The summed E-state index contributed by atoms with van der Waals surface area (Å²) >= 11 is 0. The molecule has 0 unspecified atom stereocenters. The molecule has 0 radical (unpaired) electrons. The van der Waals surface area contributed by atoms with E-state index in [9.17, 15) is 19.2 Å². The van der Waals surface area contributed by atoms with Crippen LogP contribution in [-0.4, -0.2) is 41.3 Å². The first-order chi connectivity index (χ1) is 15.0. The second-order valence-corrected chi connectivity index (χ2v) is 6.58. The molecule has 1 N–H and O–H groups in total. The zero-order valence-corrected chi connectivity index (χ0v) is 17.1. The van der Waals surface area contributed by atoms with Gasteiger partial charge >= 0.3 is 5.97 Å². The fourth-order valence-electron chi connectivity index (χ4n) is 3.01. The van der Waals surface area contributed by atoms with Gasteiger partial charge in [0.05, 0.1) is 18.1 Å². The van der Waals surface area contributed by atoms with Crippen LogP contribution in [0.5, 0.6) is 5.75 Å². The molecule has 2 aromatic carbocycles. The zero-order chi connectivity index (χ0) is 22.4. The Kier molecular flexibility index (Phi) is 6.76. The number of nitrogens with one attached hydrogen (secondary N) is 1. The summed E-state index contributed by atoms with van der Waals surface area (Å²) in [5, 5.41) is 6.92. The quantitative estimate of drug-likeness (QED) is 0.577. The molecule has 31 heavy (non-hydrogen) atoms. The first kappa shape index (κ1) is 21.7. The molecule has 1 aromatic heterocycles. The smallest absolute Gasteiger partial charge is 0.359 e. The highest BCUT2D eigenvalue weighted by molar-refractivity contribution is 6.07. The first-order valence-electron chi connectivity index (χ1n) is 9.60. The number of imide groups is 1. The lowest BCUT2D eigenvalue weighted by atomic mass is 10.1. The molecule has 1 heterocycles. The van der Waals surface area contributed by atoms with E-state index in [2.05, 4.69) is 10.4 Å². The van der Waals surface area contributed by atoms with Crippen LogP contribution in [-0.2, 0) is 16.1 Å². The molecular weight excluding hydrogens is 402 g/mol. The molecule has 0 atom stereocenters. The molecular formula is C22H21N3O6. The minimum Gasteiger partial charge on any atom is -0.496 e. The van der Waals surface area contributed by atoms with Gasteiger partial charge in [0.25, 0.3) is 17.4 Å². The number of methoxy groups -OCH3 is 1. The molecule has 0 aliphatic carbocycles. The number of fused-ring (bicyclic) bond motifs is 1. The van der Waals surface area contributed by atoms with E-state index in [4.69, 9.17) is 9.47 Å². The average Bonchev–Trinajstić information content (AvgIpc) is 2.79. The minimum absolute atomic E-state index is 0.0764. The van der Waals surface area contributed by atoms with Crippen LogP contribution in [0.4, 0.5) is 0 Å². The second-order valence-electron chi connectivity index (χ2n) is 6.58. The van der Waals surface area contributed by atoms with Crippen molar-refractivity contribution in [2.75, 3.05) is 13.7 Å². The number of nitrogens with zero attached hydrogens (tertiary/aromatic N) is 2. The topological polar surface area (TPSA) is 117 Å². The Morgan fingerprint density at radius 3 is 2.42 bits per heavy atom. The number of esters is 1. The fourth-order valence-corrected chi connectivity index (χ4v) is 3.01. The van der Waals surface area contributed by atoms with E-state index in [1.54, 1.807) is 42.5 Å². The highest BCUT2D eigenvalue weighted by atomic mass is 16.5. The summed E-state index contributed by atoms with van der Waals surface area (Å²) in [7, 11) is 1.41. The summed E-state index contributed by atoms with van der Waals surface area (Å²) in [6, 6.07) is 12.9. The van der Waals surface area contributed by atoms with Crippen LogP contribution in [0.3, 0.4) is 0 Å². The van der Waals surface area contributed by atoms with Crippen molar-refractivity contribution in [3.8, 4) is 5.75 Å². The van der Waals surface area contributed by atoms with Crippen molar-refractivity contribution in [3.05, 3.63) is 70.1 Å². The van der Waals surface area contributed by atoms with Crippen molar-refractivity contribution in [1.82, 2.24) is 15.1 Å². The molecule has 9 heteroatoms. The third-order valence-corrected chi connectivity index (χ3v) is 4.44. The Hall–Kier alpha value is -4.01. The van der Waals surface area contributed by atoms with Crippen molar-refractivity contribution < 1.29 is 23.9 Å². The van der Waals surface area contributed by atoms with E-state index in [0.717, 1.165) is 0 Å². The van der Waals surface area contributed by atoms with Gasteiger partial charge < -0.3 is 9.47 Å². The van der Waals surface area contributed by atoms with Crippen molar-refractivity contribution in [1.29, 1.82) is 0 Å². The van der Waals surface area contributed by atoms with Crippen molar-refractivity contribution in [2.45, 2.75) is 19.9 Å². The standard InChI is InChI=1S/C22H21N3O6/c1-3-12-25-21(28)15-9-5-4-8-14(15)19(24-25)22(29)31-13-18(26)23-20(27)16-10-6-7-11-17(16)30-2/h4-11H,3,12-13H2,1-2H3,(H,23,26,27). The maximum Gasteiger partial charge on any atom is 0.359 e. The van der Waals surface area contributed by atoms with Crippen LogP contribution in [0, 0.1) is 0 Å². The average molecular weight is 423 g/mol. The number of ether oxygens (including phenoxy) is 2. The molecule has 160 valence electrons. The highest BCUT2D eigenvalue weighted by Gasteiger charge is 2.20. The Labute approximate surface area is 177 Å². The van der Waals surface area contributed by atoms with Crippen LogP contribution >= 0.6 is 0 Å². The lowest BCUT2D eigenvalue weighted by molar-refractivity contribution is -0.123. The van der Waals surface area contributed by atoms with Crippen LogP contribution in [0.25, 0.3) is 10.8 Å². The zero-order valence-electron chi connectivity index (χ0n) is 17.1. The van der Waals surface area contributed by atoms with E-state index >= 15 is 0 Å². The number of hydrogen-bond donors (Lipinski definition) is 1. The third kappa shape index (κ3) is 4.77. The van der Waals surface area contributed by atoms with Crippen molar-refractivity contribution in [3.63, 3.8) is 0 Å². The number of carbonyl (C=O) groups is 3. The summed E-state index contributed by atoms with van der Waals surface area (Å²) < 4.78 is 11.3. The van der Waals surface area contributed by atoms with E-state index in [-0.39, 0.29) is 16.8 Å². The van der Waals surface area contributed by atoms with Gasteiger partial charge in [-0.15, -0.1) is 0 Å². The summed E-state index contributed by atoms with van der Waals surface area (Å²) in [4.78, 5) is 49.5. The van der Waals surface area contributed by atoms with E-state index in [1.807, 2.05) is 6.92 Å². The molecule has 0 fully saturated rings. The maximum atomic E-state index is 12.6. The van der Waals surface area contributed by atoms with Gasteiger partial charge in [0.1, 0.15) is 5.75 Å². The second kappa shape index (κ2) is 9.66. The number of amides is 2. The molecule has 3 aromatic rings. The minimum atomic E-state index is -0.874. The normalized spacial score (nSPS) is 10.5. The number of benzene rings is 2. The van der Waals surface area contributed by atoms with Crippen LogP contribution in [0.2, 0.25) is 0 Å². The molecule has 0 saturated carbocycles. The lowest BCUT2D eigenvalue weighted by Crippen LogP contribution is -2.34. The van der Waals surface area contributed by atoms with Crippen molar-refractivity contribution in [2.24, 2.45) is 0 Å². The summed E-state index contributed by atoms with van der Waals surface area (Å²) in [5.74, 6) is -2.06. The van der Waals surface area contributed by atoms with Crippen LogP contribution < -0.4 is 15.6 Å². The van der Waals surface area contributed by atoms with E-state index < -0.39 is 24.4 Å². The predicted molar refractivity (Wildman–Crippen MR) is 112 cm³/mol. The molecule has 9 nitrogen and oxygen atoms in total. The maximum absolute atomic E-state index is 12.6. The number of aromatic nitrogens is 2. The van der Waals surface area contributed by atoms with Gasteiger partial charge in [0, 0.05) is 11.9 Å². The molecule has 0 spiro atoms. The van der Waals surface area contributed by atoms with Crippen molar-refractivity contribution >= 4 is 28.6 Å². The Balaban J connectivity index is 1.74. The monoisotopic (exact) mass is 423 g/mol. The fraction of sp³-hybridized carbons (Fsp3) is 0.227. The summed E-state index contributed by atoms with van der Waals surface area (Å²) in [6.07, 6.45) is 0.646. The lowest BCUT2D eigenvalue weighted by Gasteiger charge is -2.11. The van der Waals surface area contributed by atoms with E-state index in [0.29, 0.717) is 29.5 Å². The number of para-hydroxylation sites is 1. The highest BCUT2D eigenvalue weighted by Crippen LogP contribution is 2.17. The third-order valence-electron chi connectivity index (χ3n) is 4.44. The summed E-state index contributed by atoms with van der Waals surface area (Å²) in [5.41, 5.74) is -0.217. The number of carbonyl (C=O) groups excluding carboxylic acids is 3. The van der Waals surface area contributed by atoms with Gasteiger partial charge in [0.15, 0.2) is 12.3 Å². The van der Waals surface area contributed by atoms with Gasteiger partial charge in [-0.1, -0.05) is 37.3 Å². The molecule has 2 amide bonds. The van der Waals surface area contributed by atoms with Gasteiger partial charge in [-0.25, -0.2) is 9.48 Å². The molecule has 3 rings (SSSR count). The SMILES string of the molecule is CCCn1nc(C(=O)OCC(=O)NC(=O)c2ccccc2OC)c2ccccc2c1=O. The first-order valence-corrected chi connectivity index (χ1v) is 9.60. The van der Waals surface area contributed by atoms with Gasteiger partial charge in [-0.3, -0.25) is 19.7 Å². The Morgan fingerprint density at radius 2 is 1.71 bits per heavy atom. The molecule has 0 aliphatic heterocycles. The van der Waals surface area contributed by atoms with E-state index in [1.165, 1.54) is 17.9 Å². The van der Waals surface area contributed by atoms with Crippen LogP contribution in [0.15, 0.2) is 53.3 Å². The Morgan fingerprint density at radius 1 is 1.03 bits per heavy atom. The molecule has 0 saturated heterocycles. The number of hydrogen-bond acceptors (Lipinski definition) is 7.